The third-order valence-electron chi connectivity index (χ3n) is 6.70. The van der Waals surface area contributed by atoms with E-state index in [1.165, 1.54) is 23.1 Å². The average Bonchev–Trinajstić information content (AvgIpc) is 3.47. The number of hydrogen-bond acceptors (Lipinski definition) is 5. The largest absolute Gasteiger partial charge is 0.459 e. The number of aromatic nitrogens is 2. The fourth-order valence-corrected chi connectivity index (χ4v) is 4.83. The maximum atomic E-state index is 13.4. The molecule has 0 spiro atoms. The molecule has 1 aliphatic heterocycles. The molecule has 1 aromatic carbocycles. The van der Waals surface area contributed by atoms with Crippen LogP contribution < -0.4 is 10.1 Å². The Hall–Kier alpha value is -3.05. The van der Waals surface area contributed by atoms with Gasteiger partial charge in [-0.25, -0.2) is 0 Å². The predicted octanol–water partition coefficient (Wildman–Crippen LogP) is 5.05. The standard InChI is InChI=1S/C26H31F3N4O4.ClH/c1-36-14-13-32-12-11-23(31-32)30-25(35)21(15-18-7-3-2-4-8-18)33-17-19(16-24(33)34)37-22-10-6-5-9-20(22)26(27,28)29;/h5-6,9-12,16,18,21H,2-4,7-8,13-15,17H2,1H3,(H,30,31,35);1H/t21-;/m0./s1. The van der Waals surface area contributed by atoms with Crippen molar-refractivity contribution >= 4 is 30.0 Å². The number of ether oxygens (including phenoxy) is 2. The highest BCUT2D eigenvalue weighted by molar-refractivity contribution is 5.99. The molecule has 1 aliphatic carbocycles. The summed E-state index contributed by atoms with van der Waals surface area (Å²) in [4.78, 5) is 27.7. The smallest absolute Gasteiger partial charge is 0.419 e. The number of carbonyl (C=O) groups is 2. The van der Waals surface area contributed by atoms with Crippen LogP contribution in [0.5, 0.6) is 5.75 Å². The number of methoxy groups -OCH3 is 1. The maximum absolute atomic E-state index is 13.4. The van der Waals surface area contributed by atoms with Crippen molar-refractivity contribution in [1.82, 2.24) is 14.7 Å². The third kappa shape index (κ3) is 7.50. The number of nitrogens with one attached hydrogen (secondary N) is 1. The van der Waals surface area contributed by atoms with Gasteiger partial charge in [-0.1, -0.05) is 44.2 Å². The van der Waals surface area contributed by atoms with Gasteiger partial charge in [-0.15, -0.1) is 12.4 Å². The van der Waals surface area contributed by atoms with Crippen molar-refractivity contribution in [3.05, 3.63) is 53.9 Å². The van der Waals surface area contributed by atoms with Crippen molar-refractivity contribution in [3.8, 4) is 5.75 Å². The SMILES string of the molecule is COCCn1ccc(NC(=O)[C@H](CC2CCCCC2)N2CC(Oc3ccccc3C(F)(F)F)=CC2=O)n1.Cl. The molecule has 0 bridgehead atoms. The van der Waals surface area contributed by atoms with Gasteiger partial charge in [0.2, 0.25) is 5.91 Å². The van der Waals surface area contributed by atoms with Crippen molar-refractivity contribution in [3.63, 3.8) is 0 Å². The molecule has 2 amide bonds. The Labute approximate surface area is 225 Å². The molecule has 208 valence electrons. The van der Waals surface area contributed by atoms with Gasteiger partial charge in [0, 0.05) is 25.4 Å². The summed E-state index contributed by atoms with van der Waals surface area (Å²) >= 11 is 0. The molecule has 2 heterocycles. The van der Waals surface area contributed by atoms with Crippen LogP contribution in [0.15, 0.2) is 48.4 Å². The van der Waals surface area contributed by atoms with E-state index in [0.717, 1.165) is 44.2 Å². The van der Waals surface area contributed by atoms with Crippen LogP contribution in [-0.2, 0) is 27.0 Å². The lowest BCUT2D eigenvalue weighted by Gasteiger charge is -2.31. The Morgan fingerprint density at radius 3 is 2.63 bits per heavy atom. The second-order valence-electron chi connectivity index (χ2n) is 9.37. The monoisotopic (exact) mass is 556 g/mol. The first kappa shape index (κ1) is 29.5. The quantitative estimate of drug-likeness (QED) is 0.442. The van der Waals surface area contributed by atoms with Crippen LogP contribution in [0.4, 0.5) is 19.0 Å². The van der Waals surface area contributed by atoms with Crippen molar-refractivity contribution in [2.75, 3.05) is 25.6 Å². The normalized spacial score (nSPS) is 17.1. The lowest BCUT2D eigenvalue weighted by atomic mass is 9.84. The van der Waals surface area contributed by atoms with E-state index in [1.807, 2.05) is 0 Å². The zero-order valence-corrected chi connectivity index (χ0v) is 21.9. The van der Waals surface area contributed by atoms with E-state index in [2.05, 4.69) is 10.4 Å². The Morgan fingerprint density at radius 2 is 1.92 bits per heavy atom. The number of alkyl halides is 3. The minimum absolute atomic E-state index is 0. The van der Waals surface area contributed by atoms with Gasteiger partial charge < -0.3 is 19.7 Å². The molecule has 1 N–H and O–H groups in total. The molecule has 0 saturated heterocycles. The van der Waals surface area contributed by atoms with Gasteiger partial charge in [-0.05, 0) is 24.5 Å². The molecule has 0 radical (unpaired) electrons. The number of carbonyl (C=O) groups excluding carboxylic acids is 2. The fraction of sp³-hybridized carbons (Fsp3) is 0.500. The van der Waals surface area contributed by atoms with Gasteiger partial charge in [0.15, 0.2) is 5.82 Å². The summed E-state index contributed by atoms with van der Waals surface area (Å²) in [6, 6.07) is 5.70. The minimum atomic E-state index is -4.60. The fourth-order valence-electron chi connectivity index (χ4n) is 4.83. The van der Waals surface area contributed by atoms with Crippen LogP contribution in [0.3, 0.4) is 0 Å². The summed E-state index contributed by atoms with van der Waals surface area (Å²) in [5.41, 5.74) is -0.928. The Kier molecular flexibility index (Phi) is 10.2. The Balaban J connectivity index is 0.00000400. The van der Waals surface area contributed by atoms with Crippen molar-refractivity contribution in [2.24, 2.45) is 5.92 Å². The van der Waals surface area contributed by atoms with Gasteiger partial charge in [0.25, 0.3) is 5.91 Å². The van der Waals surface area contributed by atoms with Crippen LogP contribution in [0.25, 0.3) is 0 Å². The van der Waals surface area contributed by atoms with Crippen LogP contribution >= 0.6 is 12.4 Å². The average molecular weight is 557 g/mol. The van der Waals surface area contributed by atoms with Crippen molar-refractivity contribution < 1.29 is 32.2 Å². The molecule has 1 atom stereocenters. The highest BCUT2D eigenvalue weighted by Gasteiger charge is 2.38. The molecule has 1 saturated carbocycles. The van der Waals surface area contributed by atoms with E-state index in [0.29, 0.717) is 25.4 Å². The van der Waals surface area contributed by atoms with Gasteiger partial charge >= 0.3 is 6.18 Å². The molecule has 4 rings (SSSR count). The number of rotatable bonds is 10. The minimum Gasteiger partial charge on any atom is -0.459 e. The third-order valence-corrected chi connectivity index (χ3v) is 6.70. The Morgan fingerprint density at radius 1 is 1.18 bits per heavy atom. The van der Waals surface area contributed by atoms with E-state index >= 15 is 0 Å². The van der Waals surface area contributed by atoms with Crippen molar-refractivity contribution in [2.45, 2.75) is 57.3 Å². The molecule has 12 heteroatoms. The number of amides is 2. The topological polar surface area (TPSA) is 85.7 Å². The zero-order chi connectivity index (χ0) is 26.4. The van der Waals surface area contributed by atoms with Crippen LogP contribution in [0.2, 0.25) is 0 Å². The second-order valence-corrected chi connectivity index (χ2v) is 9.37. The summed E-state index contributed by atoms with van der Waals surface area (Å²) in [7, 11) is 1.59. The summed E-state index contributed by atoms with van der Waals surface area (Å²) in [5.74, 6) is -0.558. The number of benzene rings is 1. The molecular weight excluding hydrogens is 525 g/mol. The van der Waals surface area contributed by atoms with E-state index in [1.54, 1.807) is 24.1 Å². The lowest BCUT2D eigenvalue weighted by Crippen LogP contribution is -2.46. The second kappa shape index (κ2) is 13.1. The van der Waals surface area contributed by atoms with E-state index < -0.39 is 23.7 Å². The first-order chi connectivity index (χ1) is 17.7. The number of para-hydroxylation sites is 1. The van der Waals surface area contributed by atoms with Gasteiger partial charge in [0.05, 0.1) is 25.3 Å². The molecule has 8 nitrogen and oxygen atoms in total. The van der Waals surface area contributed by atoms with Crippen molar-refractivity contribution in [1.29, 1.82) is 0 Å². The summed E-state index contributed by atoms with van der Waals surface area (Å²) < 4.78 is 52.4. The molecular formula is C26H32ClF3N4O4. The highest BCUT2D eigenvalue weighted by atomic mass is 35.5. The van der Waals surface area contributed by atoms with Gasteiger partial charge in [-0.2, -0.15) is 18.3 Å². The molecule has 0 unspecified atom stereocenters. The number of anilines is 1. The number of hydrogen-bond donors (Lipinski definition) is 1. The summed E-state index contributed by atoms with van der Waals surface area (Å²) in [6.07, 6.45) is 3.95. The van der Waals surface area contributed by atoms with E-state index in [9.17, 15) is 22.8 Å². The molecule has 38 heavy (non-hydrogen) atoms. The predicted molar refractivity (Wildman–Crippen MR) is 137 cm³/mol. The maximum Gasteiger partial charge on any atom is 0.419 e. The van der Waals surface area contributed by atoms with E-state index in [-0.39, 0.29) is 42.3 Å². The Bertz CT molecular complexity index is 1130. The van der Waals surface area contributed by atoms with Gasteiger partial charge in [0.1, 0.15) is 17.6 Å². The van der Waals surface area contributed by atoms with Gasteiger partial charge in [-0.3, -0.25) is 14.3 Å². The summed E-state index contributed by atoms with van der Waals surface area (Å²) in [6.45, 7) is 0.887. The molecule has 1 aromatic heterocycles. The van der Waals surface area contributed by atoms with Crippen LogP contribution in [0.1, 0.15) is 44.1 Å². The van der Waals surface area contributed by atoms with Crippen LogP contribution in [0, 0.1) is 5.92 Å². The molecule has 2 aromatic rings. The summed E-state index contributed by atoms with van der Waals surface area (Å²) in [5, 5.41) is 7.12. The molecule has 1 fully saturated rings. The number of nitrogens with zero attached hydrogens (tertiary/aromatic N) is 3. The number of halogens is 4. The lowest BCUT2D eigenvalue weighted by molar-refractivity contribution is -0.138. The molecule has 2 aliphatic rings. The van der Waals surface area contributed by atoms with E-state index in [4.69, 9.17) is 9.47 Å². The highest BCUT2D eigenvalue weighted by Crippen LogP contribution is 2.37. The van der Waals surface area contributed by atoms with Crippen LogP contribution in [-0.4, -0.2) is 52.8 Å². The first-order valence-corrected chi connectivity index (χ1v) is 12.4. The first-order valence-electron chi connectivity index (χ1n) is 12.4. The zero-order valence-electron chi connectivity index (χ0n) is 21.1.